The number of rotatable bonds is 8. The molecule has 4 amide bonds. The molecule has 1 N–H and O–H groups in total. The van der Waals surface area contributed by atoms with Crippen LogP contribution in [-0.2, 0) is 71.6 Å². The highest BCUT2D eigenvalue weighted by Crippen LogP contribution is 2.55. The minimum Gasteiger partial charge on any atom is -0.453 e. The highest BCUT2D eigenvalue weighted by Gasteiger charge is 2.60. The molecule has 23 heteroatoms. The number of amides is 4. The Kier molecular flexibility index (Phi) is 13.6. The number of likely N-dealkylation sites (tertiary alicyclic amines) is 4. The van der Waals surface area contributed by atoms with Crippen LogP contribution in [0.25, 0.3) is 0 Å². The number of carbonyl (C=O) groups is 4. The third-order valence-corrected chi connectivity index (χ3v) is 19.1. The Hall–Kier alpha value is -8.05. The van der Waals surface area contributed by atoms with E-state index in [-0.39, 0.29) is 49.7 Å². The lowest BCUT2D eigenvalue weighted by atomic mass is 9.89. The first-order valence-corrected chi connectivity index (χ1v) is 28.3. The summed E-state index contributed by atoms with van der Waals surface area (Å²) in [7, 11) is 0.594. The average molecular weight is 1130 g/mol. The SMILES string of the molecule is COC(=O)N1CC[C@]2(N=Nc3cccc4c3C[C@@H]3N(C(=O)OC)CC[C@]43NS(=O)(=O)Oc3c(F)cccc3F)c3ccccc3C[C@H]12.COC(=O)N1CC[C@]2(N=Nc3cccc4c3C[C@H]3[C@@H]4CCN3C(=O)OC)c3ccccc3C[C@H]12. The van der Waals surface area contributed by atoms with Gasteiger partial charge in [-0.2, -0.15) is 33.6 Å². The number of carbonyl (C=O) groups excluding carboxylic acids is 4. The van der Waals surface area contributed by atoms with Crippen molar-refractivity contribution in [1.82, 2.24) is 24.3 Å². The zero-order valence-electron chi connectivity index (χ0n) is 44.9. The van der Waals surface area contributed by atoms with Gasteiger partial charge in [-0.15, -0.1) is 0 Å². The predicted octanol–water partition coefficient (Wildman–Crippen LogP) is 9.39. The van der Waals surface area contributed by atoms with Gasteiger partial charge in [0, 0.05) is 38.1 Å². The Morgan fingerprint density at radius 2 is 1.02 bits per heavy atom. The largest absolute Gasteiger partial charge is 0.453 e. The molecule has 4 aliphatic carbocycles. The molecule has 4 heterocycles. The first-order chi connectivity index (χ1) is 39.1. The van der Waals surface area contributed by atoms with E-state index in [1.165, 1.54) is 44.5 Å². The number of nitrogens with one attached hydrogen (secondary N) is 1. The normalized spacial score (nSPS) is 27.0. The van der Waals surface area contributed by atoms with E-state index in [9.17, 15) is 36.4 Å². The van der Waals surface area contributed by atoms with E-state index in [1.807, 2.05) is 53.4 Å². The van der Waals surface area contributed by atoms with Gasteiger partial charge in [0.25, 0.3) is 0 Å². The standard InChI is InChI=1S/C32H31F2N5O7S.C26H28N4O4/c1-44-29(40)38-15-13-31(21-8-4-3-7-19(21)17-26(31)38)36-35-25-12-5-9-22-20(25)18-27-32(22,14-16-39(27)30(41)45-2)37-47(42,43)46-28-23(33)10-6-11-24(28)34;1-33-24(31)29-12-10-18-17-7-5-9-21(19(17)15-22(18)29)27-28-26-11-13-30(25(32)34-2)23(26)14-16-6-3-4-8-20(16)26/h3-12,26-27,37H,13-18H2,1-2H3;3-9,18,22-23H,10-15H2,1-2H3/t26-,27-,31-,32-;18-,22+,23+,26+/m01/s1. The second kappa shape index (κ2) is 20.5. The summed E-state index contributed by atoms with van der Waals surface area (Å²) in [5.41, 5.74) is 6.47. The smallest absolute Gasteiger partial charge is 0.409 e. The van der Waals surface area contributed by atoms with Crippen molar-refractivity contribution < 1.29 is 59.5 Å². The fraction of sp³-hybridized carbons (Fsp3) is 0.414. The molecule has 0 saturated carbocycles. The van der Waals surface area contributed by atoms with E-state index in [2.05, 4.69) is 22.9 Å². The van der Waals surface area contributed by atoms with Crippen LogP contribution in [0, 0.1) is 11.6 Å². The zero-order valence-corrected chi connectivity index (χ0v) is 45.7. The fourth-order valence-electron chi connectivity index (χ4n) is 14.6. The summed E-state index contributed by atoms with van der Waals surface area (Å²) in [4.78, 5) is 57.0. The summed E-state index contributed by atoms with van der Waals surface area (Å²) >= 11 is 0. The van der Waals surface area contributed by atoms with Crippen molar-refractivity contribution in [1.29, 1.82) is 0 Å². The monoisotopic (exact) mass is 1130 g/mol. The minimum absolute atomic E-state index is 0.105. The van der Waals surface area contributed by atoms with Gasteiger partial charge in [-0.3, -0.25) is 0 Å². The molecule has 5 aromatic carbocycles. The molecule has 4 fully saturated rings. The summed E-state index contributed by atoms with van der Waals surface area (Å²) in [6, 6.07) is 29.3. The van der Waals surface area contributed by atoms with Crippen LogP contribution in [0.1, 0.15) is 76.1 Å². The molecule has 20 nitrogen and oxygen atoms in total. The molecule has 0 bridgehead atoms. The maximum Gasteiger partial charge on any atom is 0.409 e. The second-order valence-corrected chi connectivity index (χ2v) is 22.9. The van der Waals surface area contributed by atoms with Crippen molar-refractivity contribution >= 4 is 46.1 Å². The van der Waals surface area contributed by atoms with Crippen molar-refractivity contribution in [2.24, 2.45) is 20.5 Å². The van der Waals surface area contributed by atoms with Crippen molar-refractivity contribution in [3.63, 3.8) is 0 Å². The maximum absolute atomic E-state index is 14.4. The van der Waals surface area contributed by atoms with E-state index in [0.29, 0.717) is 55.1 Å². The number of nitrogens with zero attached hydrogens (tertiary/aromatic N) is 8. The lowest BCUT2D eigenvalue weighted by Crippen LogP contribution is -2.53. The van der Waals surface area contributed by atoms with Crippen molar-refractivity contribution in [3.05, 3.63) is 159 Å². The number of hydrogen-bond acceptors (Lipinski definition) is 15. The summed E-state index contributed by atoms with van der Waals surface area (Å²) in [5, 5.41) is 19.5. The molecular weight excluding hydrogens is 1070 g/mol. The molecular formula is C58H59F2N9O11S. The van der Waals surface area contributed by atoms with Gasteiger partial charge < -0.3 is 42.7 Å². The lowest BCUT2D eigenvalue weighted by Gasteiger charge is -2.32. The van der Waals surface area contributed by atoms with Crippen LogP contribution in [0.3, 0.4) is 0 Å². The van der Waals surface area contributed by atoms with Crippen molar-refractivity contribution in [2.45, 2.75) is 98.1 Å². The Balaban J connectivity index is 0.000000169. The van der Waals surface area contributed by atoms with Crippen LogP contribution in [0.2, 0.25) is 0 Å². The molecule has 4 saturated heterocycles. The first-order valence-electron chi connectivity index (χ1n) is 26.9. The van der Waals surface area contributed by atoms with E-state index in [1.54, 1.807) is 28.0 Å². The quantitative estimate of drug-likeness (QED) is 0.114. The summed E-state index contributed by atoms with van der Waals surface area (Å²) in [5.74, 6) is -3.14. The molecule has 8 aliphatic rings. The molecule has 5 aromatic rings. The van der Waals surface area contributed by atoms with E-state index in [4.69, 9.17) is 43.6 Å². The van der Waals surface area contributed by atoms with Gasteiger partial charge in [0.2, 0.25) is 5.75 Å². The van der Waals surface area contributed by atoms with Crippen LogP contribution in [0.15, 0.2) is 124 Å². The lowest BCUT2D eigenvalue weighted by molar-refractivity contribution is 0.111. The highest BCUT2D eigenvalue weighted by molar-refractivity contribution is 7.85. The first kappa shape index (κ1) is 53.6. The second-order valence-electron chi connectivity index (χ2n) is 21.6. The van der Waals surface area contributed by atoms with Crippen molar-refractivity contribution in [3.8, 4) is 5.75 Å². The number of ether oxygens (including phenoxy) is 4. The number of benzene rings is 5. The summed E-state index contributed by atoms with van der Waals surface area (Å²) < 4.78 is 83.1. The molecule has 422 valence electrons. The average Bonchev–Trinajstić information content (AvgIpc) is 4.44. The molecule has 4 aliphatic heterocycles. The number of fused-ring (bicyclic) bond motifs is 12. The molecule has 0 radical (unpaired) electrons. The van der Waals surface area contributed by atoms with E-state index in [0.717, 1.165) is 71.9 Å². The van der Waals surface area contributed by atoms with Crippen LogP contribution in [0.4, 0.5) is 39.3 Å². The van der Waals surface area contributed by atoms with Gasteiger partial charge in [-0.05, 0) is 120 Å². The van der Waals surface area contributed by atoms with Gasteiger partial charge in [0.1, 0.15) is 11.1 Å². The fourth-order valence-corrected chi connectivity index (χ4v) is 15.8. The van der Waals surface area contributed by atoms with Crippen LogP contribution >= 0.6 is 0 Å². The number of hydrogen-bond donors (Lipinski definition) is 1. The highest BCUT2D eigenvalue weighted by atomic mass is 32.2. The van der Waals surface area contributed by atoms with E-state index < -0.39 is 62.5 Å². The molecule has 13 rings (SSSR count). The number of para-hydroxylation sites is 1. The topological polar surface area (TPSA) is 223 Å². The minimum atomic E-state index is -4.84. The Morgan fingerprint density at radius 1 is 0.543 bits per heavy atom. The van der Waals surface area contributed by atoms with Gasteiger partial charge in [0.05, 0.1) is 63.5 Å². The molecule has 0 spiro atoms. The third kappa shape index (κ3) is 8.63. The molecule has 0 aromatic heterocycles. The Bertz CT molecular complexity index is 3550. The van der Waals surface area contributed by atoms with Gasteiger partial charge in [-0.25, -0.2) is 28.0 Å². The predicted molar refractivity (Wildman–Crippen MR) is 286 cm³/mol. The summed E-state index contributed by atoms with van der Waals surface area (Å²) in [6.45, 7) is 1.89. The number of methoxy groups -OCH3 is 4. The Labute approximate surface area is 466 Å². The number of azo groups is 2. The van der Waals surface area contributed by atoms with Crippen LogP contribution in [0.5, 0.6) is 5.75 Å². The summed E-state index contributed by atoms with van der Waals surface area (Å²) in [6.07, 6.45) is 2.87. The maximum atomic E-state index is 14.4. The van der Waals surface area contributed by atoms with E-state index >= 15 is 0 Å². The number of halogens is 2. The van der Waals surface area contributed by atoms with Crippen LogP contribution in [-0.4, -0.2) is 131 Å². The third-order valence-electron chi connectivity index (χ3n) is 18.1. The Morgan fingerprint density at radius 3 is 1.59 bits per heavy atom. The molecule has 81 heavy (non-hydrogen) atoms. The molecule has 8 atom stereocenters. The zero-order chi connectivity index (χ0) is 56.6. The van der Waals surface area contributed by atoms with Crippen molar-refractivity contribution in [2.75, 3.05) is 54.6 Å². The van der Waals surface area contributed by atoms with Gasteiger partial charge in [0.15, 0.2) is 11.6 Å². The van der Waals surface area contributed by atoms with Gasteiger partial charge in [-0.1, -0.05) is 78.9 Å². The molecule has 0 unspecified atom stereocenters. The van der Waals surface area contributed by atoms with Gasteiger partial charge >= 0.3 is 34.7 Å². The van der Waals surface area contributed by atoms with Crippen LogP contribution < -0.4 is 8.91 Å².